The molecule has 0 N–H and O–H groups in total. The maximum atomic E-state index is 12.2. The van der Waals surface area contributed by atoms with E-state index in [9.17, 15) is 9.59 Å². The lowest BCUT2D eigenvalue weighted by molar-refractivity contribution is 0.577. The Balaban J connectivity index is 2.50. The van der Waals surface area contributed by atoms with Gasteiger partial charge >= 0.3 is 5.69 Å². The van der Waals surface area contributed by atoms with Crippen molar-refractivity contribution in [3.63, 3.8) is 0 Å². The Labute approximate surface area is 119 Å². The molecule has 2 heterocycles. The summed E-state index contributed by atoms with van der Waals surface area (Å²) in [6.07, 6.45) is 0.650. The Hall–Kier alpha value is -0.660. The van der Waals surface area contributed by atoms with Gasteiger partial charge < -0.3 is 0 Å². The van der Waals surface area contributed by atoms with E-state index in [2.05, 4.69) is 25.3 Å². The zero-order valence-corrected chi connectivity index (χ0v) is 12.5. The standard InChI is InChI=1S/C11H14N2O2S3/c1-12-10-8(3-5-18-10)9(14)13(11(12)15)4-2-7(17)6-16/h3,5,7,16-17H,2,4,6H2,1H3/t7-/m1/s1. The van der Waals surface area contributed by atoms with Crippen LogP contribution in [0.2, 0.25) is 0 Å². The van der Waals surface area contributed by atoms with Gasteiger partial charge in [0.2, 0.25) is 0 Å². The Morgan fingerprint density at radius 2 is 2.17 bits per heavy atom. The van der Waals surface area contributed by atoms with E-state index in [0.29, 0.717) is 24.1 Å². The minimum atomic E-state index is -0.269. The molecule has 0 aromatic carbocycles. The van der Waals surface area contributed by atoms with E-state index in [0.717, 1.165) is 4.83 Å². The van der Waals surface area contributed by atoms with Crippen LogP contribution in [-0.4, -0.2) is 20.1 Å². The number of hydrogen-bond donors (Lipinski definition) is 2. The molecule has 7 heteroatoms. The van der Waals surface area contributed by atoms with Crippen LogP contribution >= 0.6 is 36.6 Å². The minimum Gasteiger partial charge on any atom is -0.287 e. The zero-order chi connectivity index (χ0) is 13.3. The minimum absolute atomic E-state index is 0.0862. The molecule has 0 fully saturated rings. The molecule has 2 aromatic heterocycles. The second-order valence-electron chi connectivity index (χ2n) is 4.06. The van der Waals surface area contributed by atoms with Gasteiger partial charge in [-0.3, -0.25) is 13.9 Å². The molecule has 4 nitrogen and oxygen atoms in total. The Morgan fingerprint density at radius 1 is 1.44 bits per heavy atom. The summed E-state index contributed by atoms with van der Waals surface area (Å²) in [4.78, 5) is 25.0. The molecule has 2 rings (SSSR count). The fourth-order valence-electron chi connectivity index (χ4n) is 1.79. The predicted octanol–water partition coefficient (Wildman–Crippen LogP) is 1.38. The van der Waals surface area contributed by atoms with E-state index in [-0.39, 0.29) is 16.5 Å². The van der Waals surface area contributed by atoms with Crippen LogP contribution in [-0.2, 0) is 13.6 Å². The molecule has 2 aromatic rings. The number of aryl methyl sites for hydroxylation is 1. The van der Waals surface area contributed by atoms with Crippen molar-refractivity contribution in [3.05, 3.63) is 32.3 Å². The van der Waals surface area contributed by atoms with E-state index in [4.69, 9.17) is 0 Å². The van der Waals surface area contributed by atoms with E-state index in [1.807, 2.05) is 5.38 Å². The summed E-state index contributed by atoms with van der Waals surface area (Å²) < 4.78 is 2.80. The average Bonchev–Trinajstić information content (AvgIpc) is 2.85. The second-order valence-corrected chi connectivity index (χ2v) is 6.05. The van der Waals surface area contributed by atoms with Crippen LogP contribution in [0.15, 0.2) is 21.0 Å². The highest BCUT2D eigenvalue weighted by molar-refractivity contribution is 7.84. The van der Waals surface area contributed by atoms with Gasteiger partial charge in [-0.15, -0.1) is 11.3 Å². The smallest absolute Gasteiger partial charge is 0.287 e. The maximum Gasteiger partial charge on any atom is 0.331 e. The van der Waals surface area contributed by atoms with E-state index < -0.39 is 0 Å². The molecule has 0 radical (unpaired) electrons. The van der Waals surface area contributed by atoms with Gasteiger partial charge in [-0.05, 0) is 17.9 Å². The molecule has 0 unspecified atom stereocenters. The Bertz CT molecular complexity index is 671. The first kappa shape index (κ1) is 13.8. The van der Waals surface area contributed by atoms with Crippen LogP contribution < -0.4 is 11.2 Å². The van der Waals surface area contributed by atoms with Gasteiger partial charge in [-0.25, -0.2) is 4.79 Å². The predicted molar refractivity (Wildman–Crippen MR) is 82.6 cm³/mol. The van der Waals surface area contributed by atoms with Crippen molar-refractivity contribution in [1.29, 1.82) is 0 Å². The number of thiol groups is 2. The van der Waals surface area contributed by atoms with Crippen molar-refractivity contribution in [2.24, 2.45) is 7.05 Å². The molecule has 1 atom stereocenters. The summed E-state index contributed by atoms with van der Waals surface area (Å²) in [7, 11) is 1.69. The van der Waals surface area contributed by atoms with Gasteiger partial charge in [-0.2, -0.15) is 25.3 Å². The van der Waals surface area contributed by atoms with Crippen molar-refractivity contribution in [3.8, 4) is 0 Å². The summed E-state index contributed by atoms with van der Waals surface area (Å²) >= 11 is 9.86. The normalized spacial score (nSPS) is 13.1. The second kappa shape index (κ2) is 5.54. The maximum absolute atomic E-state index is 12.2. The van der Waals surface area contributed by atoms with Crippen LogP contribution in [0.5, 0.6) is 0 Å². The van der Waals surface area contributed by atoms with Gasteiger partial charge in [0.05, 0.1) is 5.39 Å². The monoisotopic (exact) mass is 302 g/mol. The molecule has 0 aliphatic rings. The third-order valence-corrected chi connectivity index (χ3v) is 5.00. The molecule has 0 aliphatic heterocycles. The molecule has 0 saturated heterocycles. The van der Waals surface area contributed by atoms with Crippen molar-refractivity contribution in [2.45, 2.75) is 18.2 Å². The van der Waals surface area contributed by atoms with Gasteiger partial charge in [-0.1, -0.05) is 0 Å². The summed E-state index contributed by atoms with van der Waals surface area (Å²) in [6.45, 7) is 0.381. The molecule has 98 valence electrons. The number of fused-ring (bicyclic) bond motifs is 1. The number of aromatic nitrogens is 2. The summed E-state index contributed by atoms with van der Waals surface area (Å²) in [5, 5.41) is 2.51. The third kappa shape index (κ3) is 2.39. The highest BCUT2D eigenvalue weighted by Gasteiger charge is 2.12. The molecule has 0 spiro atoms. The fourth-order valence-corrected chi connectivity index (χ4v) is 2.94. The van der Waals surface area contributed by atoms with Crippen molar-refractivity contribution < 1.29 is 0 Å². The lowest BCUT2D eigenvalue weighted by Gasteiger charge is -2.10. The SMILES string of the molecule is Cn1c(=O)n(CC[C@@H](S)CS)c(=O)c2ccsc21. The Morgan fingerprint density at radius 3 is 2.83 bits per heavy atom. The van der Waals surface area contributed by atoms with Crippen LogP contribution in [0.3, 0.4) is 0 Å². The lowest BCUT2D eigenvalue weighted by Crippen LogP contribution is -2.39. The van der Waals surface area contributed by atoms with Gasteiger partial charge in [0, 0.05) is 24.6 Å². The highest BCUT2D eigenvalue weighted by atomic mass is 32.1. The molecule has 18 heavy (non-hydrogen) atoms. The first-order valence-corrected chi connectivity index (χ1v) is 7.55. The fraction of sp³-hybridized carbons (Fsp3) is 0.455. The molecule has 0 bridgehead atoms. The van der Waals surface area contributed by atoms with E-state index in [1.165, 1.54) is 20.5 Å². The Kier molecular flexibility index (Phi) is 4.24. The molecule has 0 saturated carbocycles. The van der Waals surface area contributed by atoms with E-state index >= 15 is 0 Å². The lowest BCUT2D eigenvalue weighted by atomic mass is 10.3. The molecular formula is C11H14N2O2S3. The highest BCUT2D eigenvalue weighted by Crippen LogP contribution is 2.14. The topological polar surface area (TPSA) is 44.0 Å². The van der Waals surface area contributed by atoms with Gasteiger partial charge in [0.15, 0.2) is 0 Å². The first-order valence-electron chi connectivity index (χ1n) is 5.52. The van der Waals surface area contributed by atoms with Crippen LogP contribution in [0.4, 0.5) is 0 Å². The summed E-state index contributed by atoms with van der Waals surface area (Å²) in [6, 6.07) is 1.76. The molecule has 0 amide bonds. The summed E-state index contributed by atoms with van der Waals surface area (Å²) in [5.41, 5.74) is -0.483. The molecular weight excluding hydrogens is 288 g/mol. The van der Waals surface area contributed by atoms with Crippen LogP contribution in [0, 0.1) is 0 Å². The van der Waals surface area contributed by atoms with Gasteiger partial charge in [0.1, 0.15) is 4.83 Å². The van der Waals surface area contributed by atoms with Gasteiger partial charge in [0.25, 0.3) is 5.56 Å². The van der Waals surface area contributed by atoms with Crippen molar-refractivity contribution in [2.75, 3.05) is 5.75 Å². The zero-order valence-electron chi connectivity index (χ0n) is 9.87. The van der Waals surface area contributed by atoms with Crippen LogP contribution in [0.25, 0.3) is 10.2 Å². The molecule has 0 aliphatic carbocycles. The van der Waals surface area contributed by atoms with Crippen LogP contribution in [0.1, 0.15) is 6.42 Å². The largest absolute Gasteiger partial charge is 0.331 e. The van der Waals surface area contributed by atoms with Crippen molar-refractivity contribution >= 4 is 46.8 Å². The number of hydrogen-bond acceptors (Lipinski definition) is 5. The summed E-state index contributed by atoms with van der Waals surface area (Å²) in [5.74, 6) is 0.624. The average molecular weight is 302 g/mol. The number of rotatable bonds is 4. The van der Waals surface area contributed by atoms with E-state index in [1.54, 1.807) is 13.1 Å². The number of thiophene rings is 1. The number of nitrogens with zero attached hydrogens (tertiary/aromatic N) is 2. The van der Waals surface area contributed by atoms with Crippen molar-refractivity contribution in [1.82, 2.24) is 9.13 Å². The third-order valence-electron chi connectivity index (χ3n) is 2.84. The first-order chi connectivity index (χ1) is 8.56. The quantitative estimate of drug-likeness (QED) is 0.838.